The second kappa shape index (κ2) is 8.08. The highest BCUT2D eigenvalue weighted by atomic mass is 35.5. The zero-order valence-electron chi connectivity index (χ0n) is 15.1. The molecular weight excluding hydrogens is 419 g/mol. The van der Waals surface area contributed by atoms with Gasteiger partial charge in [-0.05, 0) is 37.5 Å². The predicted molar refractivity (Wildman–Crippen MR) is 97.6 cm³/mol. The van der Waals surface area contributed by atoms with Gasteiger partial charge in [-0.2, -0.15) is 17.5 Å². The number of carbonyl (C=O) groups excluding carboxylic acids is 1. The van der Waals surface area contributed by atoms with Crippen LogP contribution in [0.15, 0.2) is 23.1 Å². The molecular formula is C17H21ClF3N3O3S. The molecule has 2 heterocycles. The van der Waals surface area contributed by atoms with Crippen molar-refractivity contribution in [1.29, 1.82) is 0 Å². The van der Waals surface area contributed by atoms with Crippen LogP contribution in [0.5, 0.6) is 0 Å². The lowest BCUT2D eigenvalue weighted by atomic mass is 10.1. The molecule has 1 aromatic carbocycles. The van der Waals surface area contributed by atoms with Crippen LogP contribution in [-0.2, 0) is 16.2 Å². The molecule has 156 valence electrons. The van der Waals surface area contributed by atoms with E-state index >= 15 is 0 Å². The third-order valence-corrected chi connectivity index (χ3v) is 7.39. The predicted octanol–water partition coefficient (Wildman–Crippen LogP) is 3.27. The standard InChI is InChI=1S/C17H21ClF3N3O3S/c18-14-5-4-13(17(19,20)21)12-15(14)28(26,27)24-10-8-23(9-11-24)16(25)22-6-2-1-3-7-22/h4-5,12H,1-3,6-11H2. The summed E-state index contributed by atoms with van der Waals surface area (Å²) in [5, 5.41) is -0.264. The molecule has 0 unspecified atom stereocenters. The van der Waals surface area contributed by atoms with E-state index in [4.69, 9.17) is 11.6 Å². The average Bonchev–Trinajstić information content (AvgIpc) is 2.67. The second-order valence-electron chi connectivity index (χ2n) is 6.86. The Kier molecular flexibility index (Phi) is 6.11. The van der Waals surface area contributed by atoms with Crippen molar-refractivity contribution in [3.63, 3.8) is 0 Å². The van der Waals surface area contributed by atoms with Crippen LogP contribution in [-0.4, -0.2) is 67.8 Å². The SMILES string of the molecule is O=C(N1CCCCC1)N1CCN(S(=O)(=O)c2cc(C(F)(F)F)ccc2Cl)CC1. The molecule has 1 aromatic rings. The van der Waals surface area contributed by atoms with Gasteiger partial charge in [-0.15, -0.1) is 0 Å². The zero-order valence-corrected chi connectivity index (χ0v) is 16.7. The molecule has 0 atom stereocenters. The molecule has 2 fully saturated rings. The molecule has 0 saturated carbocycles. The summed E-state index contributed by atoms with van der Waals surface area (Å²) in [6.07, 6.45) is -1.68. The lowest BCUT2D eigenvalue weighted by molar-refractivity contribution is -0.137. The first-order valence-electron chi connectivity index (χ1n) is 9.01. The first kappa shape index (κ1) is 21.2. The van der Waals surface area contributed by atoms with Crippen molar-refractivity contribution in [3.8, 4) is 0 Å². The summed E-state index contributed by atoms with van der Waals surface area (Å²) in [6.45, 7) is 1.77. The third kappa shape index (κ3) is 4.38. The van der Waals surface area contributed by atoms with Crippen molar-refractivity contribution in [2.75, 3.05) is 39.3 Å². The molecule has 2 aliphatic rings. The highest BCUT2D eigenvalue weighted by Gasteiger charge is 2.36. The monoisotopic (exact) mass is 439 g/mol. The molecule has 0 N–H and O–H groups in total. The number of amides is 2. The van der Waals surface area contributed by atoms with Crippen molar-refractivity contribution in [1.82, 2.24) is 14.1 Å². The van der Waals surface area contributed by atoms with E-state index in [0.29, 0.717) is 19.2 Å². The maximum Gasteiger partial charge on any atom is 0.416 e. The molecule has 0 radical (unpaired) electrons. The normalized spacial score (nSPS) is 19.7. The van der Waals surface area contributed by atoms with Crippen molar-refractivity contribution >= 4 is 27.7 Å². The molecule has 6 nitrogen and oxygen atoms in total. The summed E-state index contributed by atoms with van der Waals surface area (Å²) in [4.78, 5) is 15.3. The molecule has 0 aromatic heterocycles. The van der Waals surface area contributed by atoms with E-state index in [9.17, 15) is 26.4 Å². The van der Waals surface area contributed by atoms with Crippen LogP contribution in [0.25, 0.3) is 0 Å². The van der Waals surface area contributed by atoms with Gasteiger partial charge >= 0.3 is 12.2 Å². The molecule has 0 bridgehead atoms. The quantitative estimate of drug-likeness (QED) is 0.710. The summed E-state index contributed by atoms with van der Waals surface area (Å²) in [7, 11) is -4.20. The number of likely N-dealkylation sites (tertiary alicyclic amines) is 1. The minimum atomic E-state index is -4.67. The second-order valence-corrected chi connectivity index (χ2v) is 9.18. The van der Waals surface area contributed by atoms with Crippen molar-refractivity contribution < 1.29 is 26.4 Å². The number of halogens is 4. The van der Waals surface area contributed by atoms with Crippen LogP contribution < -0.4 is 0 Å². The smallest absolute Gasteiger partial charge is 0.325 e. The van der Waals surface area contributed by atoms with Gasteiger partial charge in [0.25, 0.3) is 0 Å². The number of urea groups is 1. The molecule has 0 aliphatic carbocycles. The van der Waals surface area contributed by atoms with Gasteiger partial charge in [0.2, 0.25) is 10.0 Å². The van der Waals surface area contributed by atoms with Gasteiger partial charge in [0, 0.05) is 39.3 Å². The highest BCUT2D eigenvalue weighted by molar-refractivity contribution is 7.89. The number of piperazine rings is 1. The number of benzene rings is 1. The molecule has 2 amide bonds. The van der Waals surface area contributed by atoms with Gasteiger partial charge < -0.3 is 9.80 Å². The number of sulfonamides is 1. The summed E-state index contributed by atoms with van der Waals surface area (Å²) >= 11 is 5.89. The molecule has 3 rings (SSSR count). The van der Waals surface area contributed by atoms with Gasteiger partial charge in [-0.1, -0.05) is 11.6 Å². The Morgan fingerprint density at radius 1 is 0.929 bits per heavy atom. The lowest BCUT2D eigenvalue weighted by Gasteiger charge is -2.38. The summed E-state index contributed by atoms with van der Waals surface area (Å²) in [5.74, 6) is 0. The number of alkyl halides is 3. The average molecular weight is 440 g/mol. The maximum absolute atomic E-state index is 12.9. The Morgan fingerprint density at radius 2 is 1.50 bits per heavy atom. The number of rotatable bonds is 2. The van der Waals surface area contributed by atoms with E-state index in [-0.39, 0.29) is 37.2 Å². The number of piperidine rings is 1. The number of hydrogen-bond donors (Lipinski definition) is 0. The fraction of sp³-hybridized carbons (Fsp3) is 0.588. The molecule has 2 saturated heterocycles. The van der Waals surface area contributed by atoms with Gasteiger partial charge in [0.05, 0.1) is 10.6 Å². The van der Waals surface area contributed by atoms with Crippen LogP contribution in [0, 0.1) is 0 Å². The van der Waals surface area contributed by atoms with Crippen LogP contribution in [0.2, 0.25) is 5.02 Å². The minimum absolute atomic E-state index is 0.00842. The van der Waals surface area contributed by atoms with Crippen molar-refractivity contribution in [2.45, 2.75) is 30.3 Å². The summed E-state index contributed by atoms with van der Waals surface area (Å²) in [5.41, 5.74) is -1.07. The van der Waals surface area contributed by atoms with E-state index in [1.807, 2.05) is 0 Å². The fourth-order valence-electron chi connectivity index (χ4n) is 3.42. The van der Waals surface area contributed by atoms with Crippen LogP contribution >= 0.6 is 11.6 Å². The molecule has 0 spiro atoms. The molecule has 2 aliphatic heterocycles. The number of carbonyl (C=O) groups is 1. The van der Waals surface area contributed by atoms with E-state index in [1.54, 1.807) is 9.80 Å². The minimum Gasteiger partial charge on any atom is -0.325 e. The van der Waals surface area contributed by atoms with Gasteiger partial charge in [-0.25, -0.2) is 13.2 Å². The number of hydrogen-bond acceptors (Lipinski definition) is 3. The van der Waals surface area contributed by atoms with Gasteiger partial charge in [0.15, 0.2) is 0 Å². The first-order valence-corrected chi connectivity index (χ1v) is 10.8. The Bertz CT molecular complexity index is 834. The topological polar surface area (TPSA) is 60.9 Å². The number of nitrogens with zero attached hydrogens (tertiary/aromatic N) is 3. The van der Waals surface area contributed by atoms with E-state index in [2.05, 4.69) is 0 Å². The van der Waals surface area contributed by atoms with Crippen LogP contribution in [0.1, 0.15) is 24.8 Å². The lowest BCUT2D eigenvalue weighted by Crippen LogP contribution is -2.54. The van der Waals surface area contributed by atoms with Crippen molar-refractivity contribution in [3.05, 3.63) is 28.8 Å². The van der Waals surface area contributed by atoms with E-state index in [0.717, 1.165) is 35.7 Å². The maximum atomic E-state index is 12.9. The van der Waals surface area contributed by atoms with Crippen LogP contribution in [0.3, 0.4) is 0 Å². The highest BCUT2D eigenvalue weighted by Crippen LogP contribution is 2.34. The Hall–Kier alpha value is -1.52. The Labute approximate surface area is 166 Å². The third-order valence-electron chi connectivity index (χ3n) is 5.01. The fourth-order valence-corrected chi connectivity index (χ4v) is 5.34. The Morgan fingerprint density at radius 3 is 2.07 bits per heavy atom. The van der Waals surface area contributed by atoms with Gasteiger partial charge in [-0.3, -0.25) is 0 Å². The largest absolute Gasteiger partial charge is 0.416 e. The van der Waals surface area contributed by atoms with Crippen LogP contribution in [0.4, 0.5) is 18.0 Å². The summed E-state index contributed by atoms with van der Waals surface area (Å²) in [6, 6.07) is 2.13. The van der Waals surface area contributed by atoms with Crippen molar-refractivity contribution in [2.24, 2.45) is 0 Å². The van der Waals surface area contributed by atoms with E-state index < -0.39 is 26.7 Å². The van der Waals surface area contributed by atoms with E-state index in [1.165, 1.54) is 0 Å². The zero-order chi connectivity index (χ0) is 20.5. The first-order chi connectivity index (χ1) is 13.1. The Balaban J connectivity index is 1.72. The molecule has 28 heavy (non-hydrogen) atoms. The van der Waals surface area contributed by atoms with Gasteiger partial charge in [0.1, 0.15) is 4.90 Å². The molecule has 11 heteroatoms. The summed E-state index contributed by atoms with van der Waals surface area (Å²) < 4.78 is 65.6.